The third-order valence-corrected chi connectivity index (χ3v) is 4.34. The Balaban J connectivity index is 2.52. The van der Waals surface area contributed by atoms with Crippen LogP contribution in [0.2, 0.25) is 0 Å². The average molecular weight is 325 g/mol. The van der Waals surface area contributed by atoms with E-state index in [-0.39, 0.29) is 17.2 Å². The predicted octanol–water partition coefficient (Wildman–Crippen LogP) is 3.20. The van der Waals surface area contributed by atoms with Crippen LogP contribution in [0.25, 0.3) is 0 Å². The molecule has 1 aliphatic heterocycles. The number of nitrogens with zero attached hydrogens (tertiary/aromatic N) is 2. The maximum atomic E-state index is 12.1. The fourth-order valence-electron chi connectivity index (χ4n) is 3.14. The van der Waals surface area contributed by atoms with Crippen LogP contribution >= 0.6 is 0 Å². The lowest BCUT2D eigenvalue weighted by Gasteiger charge is -2.27. The van der Waals surface area contributed by atoms with Gasteiger partial charge in [-0.15, -0.1) is 0 Å². The summed E-state index contributed by atoms with van der Waals surface area (Å²) in [4.78, 5) is 14.3. The molecule has 1 atom stereocenters. The molecule has 2 rings (SSSR count). The van der Waals surface area contributed by atoms with Gasteiger partial charge in [0.15, 0.2) is 5.78 Å². The van der Waals surface area contributed by atoms with Gasteiger partial charge < -0.3 is 15.4 Å². The van der Waals surface area contributed by atoms with Crippen molar-refractivity contribution in [2.45, 2.75) is 33.6 Å². The molecule has 1 aliphatic rings. The second-order valence-corrected chi connectivity index (χ2v) is 5.71. The number of carbonyl (C=O) groups excluding carboxylic acids is 1. The van der Waals surface area contributed by atoms with Crippen LogP contribution in [0.15, 0.2) is 47.1 Å². The molecular weight excluding hydrogens is 302 g/mol. The van der Waals surface area contributed by atoms with E-state index < -0.39 is 5.92 Å². The molecule has 0 bridgehead atoms. The van der Waals surface area contributed by atoms with Crippen molar-refractivity contribution in [2.24, 2.45) is 5.73 Å². The number of ether oxygens (including phenoxy) is 1. The van der Waals surface area contributed by atoms with Gasteiger partial charge in [0.05, 0.1) is 5.92 Å². The van der Waals surface area contributed by atoms with Crippen LogP contribution < -0.4 is 10.6 Å². The first kappa shape index (κ1) is 17.6. The van der Waals surface area contributed by atoms with Crippen LogP contribution in [-0.2, 0) is 9.53 Å². The third-order valence-electron chi connectivity index (χ3n) is 4.34. The Morgan fingerprint density at radius 1 is 1.29 bits per heavy atom. The van der Waals surface area contributed by atoms with E-state index in [4.69, 9.17) is 10.5 Å². The van der Waals surface area contributed by atoms with E-state index in [9.17, 15) is 10.1 Å². The Hall–Kier alpha value is -2.74. The maximum Gasteiger partial charge on any atom is 0.205 e. The molecule has 0 aliphatic carbocycles. The molecule has 0 amide bonds. The molecule has 0 radical (unpaired) electrons. The van der Waals surface area contributed by atoms with Crippen molar-refractivity contribution < 1.29 is 9.53 Å². The van der Waals surface area contributed by atoms with Crippen molar-refractivity contribution in [1.82, 2.24) is 0 Å². The summed E-state index contributed by atoms with van der Waals surface area (Å²) < 4.78 is 5.40. The van der Waals surface area contributed by atoms with Crippen molar-refractivity contribution >= 4 is 11.5 Å². The Kier molecular flexibility index (Phi) is 5.30. The topological polar surface area (TPSA) is 79.3 Å². The number of benzene rings is 1. The highest BCUT2D eigenvalue weighted by molar-refractivity contribution is 5.96. The highest BCUT2D eigenvalue weighted by atomic mass is 16.5. The molecule has 0 saturated heterocycles. The number of hydrogen-bond donors (Lipinski definition) is 1. The normalized spacial score (nSPS) is 17.4. The van der Waals surface area contributed by atoms with Gasteiger partial charge in [-0.3, -0.25) is 4.79 Å². The second kappa shape index (κ2) is 7.22. The summed E-state index contributed by atoms with van der Waals surface area (Å²) in [6.45, 7) is 9.23. The number of Topliss-reactive ketones (excluding diaryl/α,β-unsaturated/α-hetero) is 1. The third kappa shape index (κ3) is 3.13. The number of rotatable bonds is 5. The molecule has 0 aromatic heterocycles. The van der Waals surface area contributed by atoms with Gasteiger partial charge in [0.1, 0.15) is 17.4 Å². The van der Waals surface area contributed by atoms with Gasteiger partial charge in [-0.25, -0.2) is 0 Å². The summed E-state index contributed by atoms with van der Waals surface area (Å²) in [5, 5.41) is 9.49. The largest absolute Gasteiger partial charge is 0.445 e. The van der Waals surface area contributed by atoms with Crippen molar-refractivity contribution in [2.75, 3.05) is 18.0 Å². The summed E-state index contributed by atoms with van der Waals surface area (Å²) in [5.74, 6) is -0.0767. The number of carbonyl (C=O) groups is 1. The van der Waals surface area contributed by atoms with E-state index in [1.165, 1.54) is 6.92 Å². The Morgan fingerprint density at radius 2 is 1.88 bits per heavy atom. The number of allylic oxidation sites excluding steroid dienone is 3. The number of anilines is 1. The van der Waals surface area contributed by atoms with E-state index in [2.05, 4.69) is 24.8 Å². The highest BCUT2D eigenvalue weighted by Crippen LogP contribution is 2.39. The fourth-order valence-corrected chi connectivity index (χ4v) is 3.14. The van der Waals surface area contributed by atoms with E-state index in [0.717, 1.165) is 24.3 Å². The predicted molar refractivity (Wildman–Crippen MR) is 94.0 cm³/mol. The van der Waals surface area contributed by atoms with Gasteiger partial charge in [-0.2, -0.15) is 5.26 Å². The van der Waals surface area contributed by atoms with Crippen LogP contribution in [0.3, 0.4) is 0 Å². The first-order valence-electron chi connectivity index (χ1n) is 8.08. The maximum absolute atomic E-state index is 12.1. The van der Waals surface area contributed by atoms with Crippen LogP contribution in [0.1, 0.15) is 39.2 Å². The zero-order chi connectivity index (χ0) is 17.9. The average Bonchev–Trinajstić information content (AvgIpc) is 2.55. The minimum atomic E-state index is -0.480. The molecule has 0 spiro atoms. The molecule has 0 fully saturated rings. The zero-order valence-electron chi connectivity index (χ0n) is 14.6. The second-order valence-electron chi connectivity index (χ2n) is 5.71. The van der Waals surface area contributed by atoms with Crippen LogP contribution in [-0.4, -0.2) is 18.9 Å². The molecule has 5 heteroatoms. The van der Waals surface area contributed by atoms with Crippen LogP contribution in [0.4, 0.5) is 5.69 Å². The summed E-state index contributed by atoms with van der Waals surface area (Å²) in [5.41, 5.74) is 8.60. The number of ketones is 1. The van der Waals surface area contributed by atoms with E-state index in [1.807, 2.05) is 24.3 Å². The molecule has 1 aromatic rings. The lowest BCUT2D eigenvalue weighted by Crippen LogP contribution is -2.24. The van der Waals surface area contributed by atoms with Gasteiger partial charge in [0.25, 0.3) is 0 Å². The Morgan fingerprint density at radius 3 is 2.33 bits per heavy atom. The number of nitrogens with two attached hydrogens (primary N) is 1. The van der Waals surface area contributed by atoms with Crippen molar-refractivity contribution in [1.29, 1.82) is 5.26 Å². The van der Waals surface area contributed by atoms with Gasteiger partial charge in [0.2, 0.25) is 5.88 Å². The molecule has 1 heterocycles. The first-order valence-corrected chi connectivity index (χ1v) is 8.08. The molecular formula is C19H23N3O2. The van der Waals surface area contributed by atoms with Crippen molar-refractivity contribution in [3.8, 4) is 6.07 Å². The summed E-state index contributed by atoms with van der Waals surface area (Å²) >= 11 is 0. The molecule has 0 unspecified atom stereocenters. The lowest BCUT2D eigenvalue weighted by molar-refractivity contribution is -0.114. The minimum absolute atomic E-state index is 0.0674. The van der Waals surface area contributed by atoms with Crippen LogP contribution in [0.5, 0.6) is 0 Å². The zero-order valence-corrected chi connectivity index (χ0v) is 14.6. The Bertz CT molecular complexity index is 735. The summed E-state index contributed by atoms with van der Waals surface area (Å²) in [6, 6.07) is 10.0. The fraction of sp³-hybridized carbons (Fsp3) is 0.368. The quantitative estimate of drug-likeness (QED) is 0.899. The minimum Gasteiger partial charge on any atom is -0.445 e. The number of nitriles is 1. The molecule has 1 aromatic carbocycles. The molecule has 126 valence electrons. The van der Waals surface area contributed by atoms with Gasteiger partial charge in [0, 0.05) is 24.4 Å². The SMILES string of the molecule is CCN(CC)c1ccc([C@@H]2C(C#N)=C(N)OC(C)=C2C(C)=O)cc1. The highest BCUT2D eigenvalue weighted by Gasteiger charge is 2.33. The van der Waals surface area contributed by atoms with Gasteiger partial charge >= 0.3 is 0 Å². The molecule has 2 N–H and O–H groups in total. The molecule has 0 saturated carbocycles. The van der Waals surface area contributed by atoms with Crippen LogP contribution in [0, 0.1) is 11.3 Å². The summed E-state index contributed by atoms with van der Waals surface area (Å²) in [7, 11) is 0. The van der Waals surface area contributed by atoms with Gasteiger partial charge in [-0.05, 0) is 45.4 Å². The molecule has 24 heavy (non-hydrogen) atoms. The van der Waals surface area contributed by atoms with Crippen molar-refractivity contribution in [3.63, 3.8) is 0 Å². The van der Waals surface area contributed by atoms with Crippen molar-refractivity contribution in [3.05, 3.63) is 52.6 Å². The summed E-state index contributed by atoms with van der Waals surface area (Å²) in [6.07, 6.45) is 0. The van der Waals surface area contributed by atoms with E-state index in [1.54, 1.807) is 6.92 Å². The standard InChI is InChI=1S/C19H23N3O2/c1-5-22(6-2)15-9-7-14(8-10-15)18-16(11-20)19(21)24-13(4)17(18)12(3)23/h7-10,18H,5-6,21H2,1-4H3/t18-/m1/s1. The van der Waals surface area contributed by atoms with E-state index >= 15 is 0 Å². The Labute approximate surface area is 143 Å². The number of hydrogen-bond acceptors (Lipinski definition) is 5. The smallest absolute Gasteiger partial charge is 0.205 e. The molecule has 5 nitrogen and oxygen atoms in total. The van der Waals surface area contributed by atoms with E-state index in [0.29, 0.717) is 11.3 Å². The lowest BCUT2D eigenvalue weighted by atomic mass is 9.81. The van der Waals surface area contributed by atoms with Gasteiger partial charge in [-0.1, -0.05) is 12.1 Å². The first-order chi connectivity index (χ1) is 11.4. The monoisotopic (exact) mass is 325 g/mol.